The highest BCUT2D eigenvalue weighted by molar-refractivity contribution is 8.00. The molecule has 0 saturated carbocycles. The first-order valence-corrected chi connectivity index (χ1v) is 8.89. The van der Waals surface area contributed by atoms with Gasteiger partial charge in [-0.25, -0.2) is 8.78 Å². The van der Waals surface area contributed by atoms with Crippen LogP contribution in [0, 0.1) is 11.6 Å². The van der Waals surface area contributed by atoms with E-state index in [1.165, 1.54) is 12.1 Å². The molecule has 0 heterocycles. The Kier molecular flexibility index (Phi) is 7.11. The summed E-state index contributed by atoms with van der Waals surface area (Å²) in [4.78, 5) is 22.3. The molecule has 0 aliphatic rings. The van der Waals surface area contributed by atoms with Crippen molar-refractivity contribution in [2.24, 2.45) is 5.73 Å². The van der Waals surface area contributed by atoms with Crippen LogP contribution >= 0.6 is 11.8 Å². The summed E-state index contributed by atoms with van der Waals surface area (Å²) in [5, 5.41) is 11.4. The molecule has 2 rings (SSSR count). The lowest BCUT2D eigenvalue weighted by Gasteiger charge is -2.08. The van der Waals surface area contributed by atoms with Crippen molar-refractivity contribution in [2.75, 3.05) is 11.5 Å². The smallest absolute Gasteiger partial charge is 0.321 e. The van der Waals surface area contributed by atoms with E-state index in [0.29, 0.717) is 11.1 Å². The van der Waals surface area contributed by atoms with Crippen molar-refractivity contribution in [2.45, 2.75) is 12.6 Å². The molecular formula is C18H18F2N2O3S. The highest BCUT2D eigenvalue weighted by Crippen LogP contribution is 2.23. The summed E-state index contributed by atoms with van der Waals surface area (Å²) in [6.45, 7) is 0.288. The molecule has 0 fully saturated rings. The zero-order valence-corrected chi connectivity index (χ0v) is 14.6. The average molecular weight is 380 g/mol. The number of hydrogen-bond acceptors (Lipinski definition) is 4. The van der Waals surface area contributed by atoms with Gasteiger partial charge < -0.3 is 16.2 Å². The third-order valence-corrected chi connectivity index (χ3v) is 4.59. The van der Waals surface area contributed by atoms with Crippen molar-refractivity contribution in [1.29, 1.82) is 0 Å². The maximum Gasteiger partial charge on any atom is 0.321 e. The molecule has 0 aliphatic heterocycles. The maximum atomic E-state index is 13.8. The second-order valence-electron chi connectivity index (χ2n) is 5.56. The van der Waals surface area contributed by atoms with Crippen LogP contribution in [0.3, 0.4) is 0 Å². The molecule has 4 N–H and O–H groups in total. The Labute approximate surface area is 153 Å². The lowest BCUT2D eigenvalue weighted by atomic mass is 10.0. The monoisotopic (exact) mass is 380 g/mol. The van der Waals surface area contributed by atoms with E-state index >= 15 is 0 Å². The topological polar surface area (TPSA) is 92.4 Å². The Morgan fingerprint density at radius 1 is 1.15 bits per heavy atom. The van der Waals surface area contributed by atoms with Gasteiger partial charge in [0, 0.05) is 23.9 Å². The van der Waals surface area contributed by atoms with Gasteiger partial charge in [-0.15, -0.1) is 11.8 Å². The third-order valence-electron chi connectivity index (χ3n) is 3.53. The lowest BCUT2D eigenvalue weighted by Crippen LogP contribution is -2.33. The number of aliphatic carboxylic acids is 1. The highest BCUT2D eigenvalue weighted by Gasteiger charge is 2.12. The molecule has 0 aliphatic carbocycles. The highest BCUT2D eigenvalue weighted by atomic mass is 32.2. The van der Waals surface area contributed by atoms with Crippen molar-refractivity contribution in [3.05, 3.63) is 59.7 Å². The Balaban J connectivity index is 1.83. The van der Waals surface area contributed by atoms with E-state index in [1.807, 2.05) is 0 Å². The Morgan fingerprint density at radius 3 is 2.46 bits per heavy atom. The predicted molar refractivity (Wildman–Crippen MR) is 96.6 cm³/mol. The van der Waals surface area contributed by atoms with Crippen LogP contribution in [0.15, 0.2) is 42.5 Å². The number of carboxylic acid groups (broad SMARTS) is 1. The fourth-order valence-corrected chi connectivity index (χ4v) is 2.93. The number of carboxylic acids is 1. The number of carbonyl (C=O) groups excluding carboxylic acids is 1. The van der Waals surface area contributed by atoms with E-state index in [0.717, 1.165) is 23.4 Å². The van der Waals surface area contributed by atoms with Crippen LogP contribution in [0.25, 0.3) is 11.1 Å². The molecule has 0 spiro atoms. The third kappa shape index (κ3) is 5.82. The number of amides is 1. The zero-order chi connectivity index (χ0) is 19.1. The first kappa shape index (κ1) is 19.9. The summed E-state index contributed by atoms with van der Waals surface area (Å²) in [5.74, 6) is -2.34. The molecule has 138 valence electrons. The molecule has 0 aromatic heterocycles. The minimum Gasteiger partial charge on any atom is -0.480 e. The molecule has 1 atom stereocenters. The van der Waals surface area contributed by atoms with Crippen molar-refractivity contribution >= 4 is 23.6 Å². The minimum absolute atomic E-state index is 0.111. The molecule has 5 nitrogen and oxygen atoms in total. The van der Waals surface area contributed by atoms with Crippen LogP contribution in [-0.2, 0) is 16.1 Å². The zero-order valence-electron chi connectivity index (χ0n) is 13.7. The Hall–Kier alpha value is -2.45. The molecule has 0 unspecified atom stereocenters. The van der Waals surface area contributed by atoms with Crippen LogP contribution in [0.4, 0.5) is 8.78 Å². The van der Waals surface area contributed by atoms with Gasteiger partial charge in [0.2, 0.25) is 5.91 Å². The number of benzene rings is 2. The van der Waals surface area contributed by atoms with E-state index in [9.17, 15) is 18.4 Å². The SMILES string of the molecule is N[C@@H](CSCC(=O)NCc1ccc(-c2ccc(F)cc2F)cc1)C(=O)O. The van der Waals surface area contributed by atoms with Gasteiger partial charge in [-0.2, -0.15) is 0 Å². The fraction of sp³-hybridized carbons (Fsp3) is 0.222. The molecular weight excluding hydrogens is 362 g/mol. The number of hydrogen-bond donors (Lipinski definition) is 3. The van der Waals surface area contributed by atoms with E-state index < -0.39 is 23.6 Å². The van der Waals surface area contributed by atoms with Gasteiger partial charge in [0.05, 0.1) is 5.75 Å². The standard InChI is InChI=1S/C18H18F2N2O3S/c19-13-5-6-14(15(20)7-13)12-3-1-11(2-4-12)8-22-17(23)10-26-9-16(21)18(24)25/h1-7,16H,8-10,21H2,(H,22,23)(H,24,25)/t16-/m0/s1. The summed E-state index contributed by atoms with van der Waals surface area (Å²) in [6, 6.07) is 9.28. The lowest BCUT2D eigenvalue weighted by molar-refractivity contribution is -0.138. The van der Waals surface area contributed by atoms with Crippen molar-refractivity contribution < 1.29 is 23.5 Å². The number of nitrogens with two attached hydrogens (primary N) is 1. The summed E-state index contributed by atoms with van der Waals surface area (Å²) >= 11 is 1.15. The maximum absolute atomic E-state index is 13.8. The van der Waals surface area contributed by atoms with Gasteiger partial charge >= 0.3 is 5.97 Å². The number of halogens is 2. The second-order valence-corrected chi connectivity index (χ2v) is 6.59. The largest absolute Gasteiger partial charge is 0.480 e. The van der Waals surface area contributed by atoms with Gasteiger partial charge in [-0.3, -0.25) is 9.59 Å². The van der Waals surface area contributed by atoms with Crippen LogP contribution in [-0.4, -0.2) is 34.5 Å². The van der Waals surface area contributed by atoms with Crippen molar-refractivity contribution in [3.8, 4) is 11.1 Å². The number of nitrogens with one attached hydrogen (secondary N) is 1. The van der Waals surface area contributed by atoms with Gasteiger partial charge in [0.15, 0.2) is 0 Å². The first-order chi connectivity index (χ1) is 12.4. The Bertz CT molecular complexity index is 785. The number of thioether (sulfide) groups is 1. The van der Waals surface area contributed by atoms with Crippen LogP contribution in [0.2, 0.25) is 0 Å². The first-order valence-electron chi connectivity index (χ1n) is 7.74. The van der Waals surface area contributed by atoms with Gasteiger partial charge in [-0.1, -0.05) is 24.3 Å². The van der Waals surface area contributed by atoms with Crippen molar-refractivity contribution in [3.63, 3.8) is 0 Å². The second kappa shape index (κ2) is 9.30. The normalized spacial score (nSPS) is 11.8. The van der Waals surface area contributed by atoms with Gasteiger partial charge in [0.25, 0.3) is 0 Å². The molecule has 1 amide bonds. The molecule has 26 heavy (non-hydrogen) atoms. The number of rotatable bonds is 8. The van der Waals surface area contributed by atoms with E-state index in [2.05, 4.69) is 5.32 Å². The number of carbonyl (C=O) groups is 2. The van der Waals surface area contributed by atoms with Gasteiger partial charge in [-0.05, 0) is 23.3 Å². The molecule has 2 aromatic rings. The van der Waals surface area contributed by atoms with Crippen molar-refractivity contribution in [1.82, 2.24) is 5.32 Å². The summed E-state index contributed by atoms with van der Waals surface area (Å²) < 4.78 is 26.7. The fourth-order valence-electron chi connectivity index (χ4n) is 2.13. The van der Waals surface area contributed by atoms with Crippen LogP contribution in [0.5, 0.6) is 0 Å². The van der Waals surface area contributed by atoms with Crippen LogP contribution in [0.1, 0.15) is 5.56 Å². The Morgan fingerprint density at radius 2 is 1.85 bits per heavy atom. The molecule has 0 radical (unpaired) electrons. The van der Waals surface area contributed by atoms with E-state index in [1.54, 1.807) is 24.3 Å². The minimum atomic E-state index is -1.10. The molecule has 2 aromatic carbocycles. The van der Waals surface area contributed by atoms with E-state index in [-0.39, 0.29) is 24.0 Å². The van der Waals surface area contributed by atoms with Gasteiger partial charge in [0.1, 0.15) is 17.7 Å². The average Bonchev–Trinajstić information content (AvgIpc) is 2.60. The summed E-state index contributed by atoms with van der Waals surface area (Å²) in [7, 11) is 0. The summed E-state index contributed by atoms with van der Waals surface area (Å²) in [6.07, 6.45) is 0. The molecule has 8 heteroatoms. The van der Waals surface area contributed by atoms with Crippen LogP contribution < -0.4 is 11.1 Å². The summed E-state index contributed by atoms with van der Waals surface area (Å²) in [5.41, 5.74) is 7.07. The van der Waals surface area contributed by atoms with E-state index in [4.69, 9.17) is 10.8 Å². The predicted octanol–water partition coefficient (Wildman–Crippen LogP) is 2.39. The molecule has 0 saturated heterocycles. The quantitative estimate of drug-likeness (QED) is 0.654. The molecule has 0 bridgehead atoms.